The van der Waals surface area contributed by atoms with Crippen molar-refractivity contribution in [3.8, 4) is 0 Å². The molecule has 0 amide bonds. The molecule has 0 unspecified atom stereocenters. The van der Waals surface area contributed by atoms with Crippen molar-refractivity contribution in [3.05, 3.63) is 18.0 Å². The van der Waals surface area contributed by atoms with Gasteiger partial charge in [0.15, 0.2) is 11.5 Å². The highest BCUT2D eigenvalue weighted by molar-refractivity contribution is 5.41. The van der Waals surface area contributed by atoms with Crippen molar-refractivity contribution in [2.24, 2.45) is 5.73 Å². The van der Waals surface area contributed by atoms with E-state index in [1.165, 1.54) is 4.52 Å². The Hall–Kier alpha value is -1.69. The van der Waals surface area contributed by atoms with Crippen molar-refractivity contribution in [2.45, 2.75) is 6.54 Å². The lowest BCUT2D eigenvalue weighted by atomic mass is 10.5. The summed E-state index contributed by atoms with van der Waals surface area (Å²) in [5.41, 5.74) is 11.5. The van der Waals surface area contributed by atoms with Crippen molar-refractivity contribution < 1.29 is 0 Å². The molecule has 6 heteroatoms. The van der Waals surface area contributed by atoms with E-state index in [-0.39, 0.29) is 0 Å². The lowest BCUT2D eigenvalue weighted by Crippen LogP contribution is -2.06. The molecule has 2 rings (SSSR count). The van der Waals surface area contributed by atoms with Gasteiger partial charge in [-0.2, -0.15) is 4.52 Å². The van der Waals surface area contributed by atoms with Crippen molar-refractivity contribution in [1.29, 1.82) is 0 Å². The topological polar surface area (TPSA) is 95.1 Å². The zero-order chi connectivity index (χ0) is 8.55. The molecular formula is C6H8N6. The molecule has 2 heterocycles. The lowest BCUT2D eigenvalue weighted by molar-refractivity contribution is 0.812. The fraction of sp³-hybridized carbons (Fsp3) is 0.167. The van der Waals surface area contributed by atoms with E-state index in [2.05, 4.69) is 15.3 Å². The second kappa shape index (κ2) is 2.42. The minimum Gasteiger partial charge on any atom is -0.382 e. The standard InChI is InChI=1S/C6H8N6/c7-3-6-10-9-5-2-1-4(8)11-12(5)6/h1-2H,3,7H2,(H2,8,11). The van der Waals surface area contributed by atoms with Crippen LogP contribution in [0.5, 0.6) is 0 Å². The van der Waals surface area contributed by atoms with Crippen LogP contribution in [0.25, 0.3) is 5.65 Å². The summed E-state index contributed by atoms with van der Waals surface area (Å²) in [4.78, 5) is 0. The third kappa shape index (κ3) is 0.892. The Labute approximate surface area is 68.2 Å². The number of nitrogens with zero attached hydrogens (tertiary/aromatic N) is 4. The number of hydrogen-bond donors (Lipinski definition) is 2. The fourth-order valence-electron chi connectivity index (χ4n) is 0.975. The Morgan fingerprint density at radius 3 is 2.92 bits per heavy atom. The van der Waals surface area contributed by atoms with Crippen LogP contribution in [0.1, 0.15) is 5.82 Å². The van der Waals surface area contributed by atoms with E-state index in [4.69, 9.17) is 11.5 Å². The Morgan fingerprint density at radius 2 is 2.17 bits per heavy atom. The minimum atomic E-state index is 0.303. The summed E-state index contributed by atoms with van der Waals surface area (Å²) in [6.45, 7) is 0.303. The molecule has 62 valence electrons. The molecule has 0 aliphatic carbocycles. The first-order valence-corrected chi connectivity index (χ1v) is 3.48. The van der Waals surface area contributed by atoms with Crippen molar-refractivity contribution in [1.82, 2.24) is 19.8 Å². The average Bonchev–Trinajstić information content (AvgIpc) is 2.46. The molecular weight excluding hydrogens is 156 g/mol. The van der Waals surface area contributed by atoms with Gasteiger partial charge in [-0.1, -0.05) is 0 Å². The Morgan fingerprint density at radius 1 is 1.33 bits per heavy atom. The SMILES string of the molecule is NCc1nnc2ccc(N)nn12. The molecule has 0 radical (unpaired) electrons. The van der Waals surface area contributed by atoms with Gasteiger partial charge in [-0.15, -0.1) is 15.3 Å². The summed E-state index contributed by atoms with van der Waals surface area (Å²) in [5.74, 6) is 1.04. The third-order valence-electron chi connectivity index (χ3n) is 1.53. The van der Waals surface area contributed by atoms with E-state index < -0.39 is 0 Å². The van der Waals surface area contributed by atoms with E-state index in [0.717, 1.165) is 0 Å². The number of hydrogen-bond acceptors (Lipinski definition) is 5. The van der Waals surface area contributed by atoms with Crippen LogP contribution < -0.4 is 11.5 Å². The van der Waals surface area contributed by atoms with Crippen molar-refractivity contribution in [2.75, 3.05) is 5.73 Å². The number of fused-ring (bicyclic) bond motifs is 1. The molecule has 0 fully saturated rings. The maximum Gasteiger partial charge on any atom is 0.178 e. The Bertz CT molecular complexity index is 405. The Kier molecular flexibility index (Phi) is 1.41. The lowest BCUT2D eigenvalue weighted by Gasteiger charge is -1.95. The van der Waals surface area contributed by atoms with Crippen LogP contribution in [0.15, 0.2) is 12.1 Å². The van der Waals surface area contributed by atoms with Crippen molar-refractivity contribution in [3.63, 3.8) is 0 Å². The first-order chi connectivity index (χ1) is 5.81. The highest BCUT2D eigenvalue weighted by atomic mass is 15.4. The summed E-state index contributed by atoms with van der Waals surface area (Å²) in [7, 11) is 0. The van der Waals surface area contributed by atoms with E-state index in [1.54, 1.807) is 12.1 Å². The van der Waals surface area contributed by atoms with Gasteiger partial charge in [-0.05, 0) is 12.1 Å². The number of anilines is 1. The number of rotatable bonds is 1. The van der Waals surface area contributed by atoms with Crippen LogP contribution in [0.4, 0.5) is 5.82 Å². The van der Waals surface area contributed by atoms with Gasteiger partial charge in [0.25, 0.3) is 0 Å². The molecule has 0 atom stereocenters. The molecule has 0 aliphatic heterocycles. The second-order valence-corrected chi connectivity index (χ2v) is 2.35. The molecule has 4 N–H and O–H groups in total. The molecule has 6 nitrogen and oxygen atoms in total. The smallest absolute Gasteiger partial charge is 0.178 e. The van der Waals surface area contributed by atoms with Crippen molar-refractivity contribution >= 4 is 11.5 Å². The van der Waals surface area contributed by atoms with Gasteiger partial charge in [-0.25, -0.2) is 0 Å². The zero-order valence-corrected chi connectivity index (χ0v) is 6.31. The van der Waals surface area contributed by atoms with E-state index >= 15 is 0 Å². The van der Waals surface area contributed by atoms with Gasteiger partial charge in [0.1, 0.15) is 5.82 Å². The van der Waals surface area contributed by atoms with Crippen LogP contribution in [-0.2, 0) is 6.54 Å². The largest absolute Gasteiger partial charge is 0.382 e. The molecule has 0 spiro atoms. The Balaban J connectivity index is 2.75. The maximum atomic E-state index is 5.48. The van der Waals surface area contributed by atoms with Crippen LogP contribution in [0.3, 0.4) is 0 Å². The number of aromatic nitrogens is 4. The molecule has 0 aliphatic rings. The summed E-state index contributed by atoms with van der Waals surface area (Å²) in [6.07, 6.45) is 0. The minimum absolute atomic E-state index is 0.303. The van der Waals surface area contributed by atoms with Crippen LogP contribution in [0, 0.1) is 0 Å². The van der Waals surface area contributed by atoms with E-state index in [9.17, 15) is 0 Å². The maximum absolute atomic E-state index is 5.48. The van der Waals surface area contributed by atoms with Gasteiger partial charge in [0.2, 0.25) is 0 Å². The predicted molar refractivity (Wildman–Crippen MR) is 43.1 cm³/mol. The highest BCUT2D eigenvalue weighted by Gasteiger charge is 2.03. The van der Waals surface area contributed by atoms with Gasteiger partial charge in [-0.3, -0.25) is 0 Å². The third-order valence-corrected chi connectivity index (χ3v) is 1.53. The van der Waals surface area contributed by atoms with Gasteiger partial charge in [0.05, 0.1) is 6.54 Å². The molecule has 0 bridgehead atoms. The summed E-state index contributed by atoms with van der Waals surface area (Å²) >= 11 is 0. The zero-order valence-electron chi connectivity index (χ0n) is 6.31. The molecule has 0 aromatic carbocycles. The summed E-state index contributed by atoms with van der Waals surface area (Å²) in [6, 6.07) is 3.42. The van der Waals surface area contributed by atoms with Crippen LogP contribution in [0.2, 0.25) is 0 Å². The molecule has 12 heavy (non-hydrogen) atoms. The normalized spacial score (nSPS) is 10.8. The number of nitrogen functional groups attached to an aromatic ring is 1. The molecule has 0 saturated heterocycles. The van der Waals surface area contributed by atoms with E-state index in [1.807, 2.05) is 0 Å². The number of nitrogens with two attached hydrogens (primary N) is 2. The first kappa shape index (κ1) is 6.99. The fourth-order valence-corrected chi connectivity index (χ4v) is 0.975. The van der Waals surface area contributed by atoms with E-state index in [0.29, 0.717) is 23.8 Å². The average molecular weight is 164 g/mol. The monoisotopic (exact) mass is 164 g/mol. The van der Waals surface area contributed by atoms with Crippen LogP contribution in [-0.4, -0.2) is 19.8 Å². The first-order valence-electron chi connectivity index (χ1n) is 3.48. The van der Waals surface area contributed by atoms with Gasteiger partial charge >= 0.3 is 0 Å². The quantitative estimate of drug-likeness (QED) is 0.573. The predicted octanol–water partition coefficient (Wildman–Crippen LogP) is -0.835. The molecule has 2 aromatic rings. The van der Waals surface area contributed by atoms with Gasteiger partial charge in [0, 0.05) is 0 Å². The highest BCUT2D eigenvalue weighted by Crippen LogP contribution is 2.02. The molecule has 0 saturated carbocycles. The van der Waals surface area contributed by atoms with Gasteiger partial charge < -0.3 is 11.5 Å². The summed E-state index contributed by atoms with van der Waals surface area (Å²) in [5, 5.41) is 11.7. The van der Waals surface area contributed by atoms with Crippen LogP contribution >= 0.6 is 0 Å². The summed E-state index contributed by atoms with van der Waals surface area (Å²) < 4.78 is 1.54. The second-order valence-electron chi connectivity index (χ2n) is 2.35. The molecule has 2 aromatic heterocycles.